The van der Waals surface area contributed by atoms with E-state index in [-0.39, 0.29) is 5.03 Å². The fraction of sp³-hybridized carbons (Fsp3) is 0.308. The van der Waals surface area contributed by atoms with Gasteiger partial charge in [0.05, 0.1) is 5.69 Å². The number of hydrogen-bond acceptors (Lipinski definition) is 4. The Morgan fingerprint density at radius 3 is 2.71 bits per heavy atom. The van der Waals surface area contributed by atoms with E-state index in [0.717, 1.165) is 11.3 Å². The van der Waals surface area contributed by atoms with Gasteiger partial charge in [-0.05, 0) is 54.5 Å². The van der Waals surface area contributed by atoms with Crippen molar-refractivity contribution in [3.8, 4) is 0 Å². The molecule has 1 aromatic heterocycles. The molecule has 114 valence electrons. The molecule has 0 amide bonds. The fourth-order valence-electron chi connectivity index (χ4n) is 1.95. The molecule has 8 heteroatoms. The van der Waals surface area contributed by atoms with Crippen LogP contribution in [0.3, 0.4) is 0 Å². The van der Waals surface area contributed by atoms with Crippen LogP contribution < -0.4 is 10.0 Å². The van der Waals surface area contributed by atoms with E-state index in [9.17, 15) is 8.42 Å². The minimum atomic E-state index is -3.75. The molecule has 0 radical (unpaired) electrons. The number of anilines is 1. The summed E-state index contributed by atoms with van der Waals surface area (Å²) in [6, 6.07) is 5.46. The highest BCUT2D eigenvalue weighted by atomic mass is 79.9. The van der Waals surface area contributed by atoms with Crippen molar-refractivity contribution >= 4 is 31.6 Å². The van der Waals surface area contributed by atoms with Gasteiger partial charge in [0.2, 0.25) is 5.03 Å². The molecular formula is C13H17BrN4O2S. The number of hydrogen-bond donors (Lipinski definition) is 3. The van der Waals surface area contributed by atoms with Crippen LogP contribution in [0.25, 0.3) is 0 Å². The molecule has 1 aromatic carbocycles. The summed E-state index contributed by atoms with van der Waals surface area (Å²) in [5.74, 6) is 0. The molecule has 0 atom stereocenters. The van der Waals surface area contributed by atoms with Gasteiger partial charge in [0.25, 0.3) is 10.0 Å². The average molecular weight is 373 g/mol. The number of aromatic nitrogens is 2. The van der Waals surface area contributed by atoms with E-state index in [1.54, 1.807) is 26.1 Å². The van der Waals surface area contributed by atoms with Crippen LogP contribution in [0.1, 0.15) is 16.8 Å². The monoisotopic (exact) mass is 372 g/mol. The highest BCUT2D eigenvalue weighted by Gasteiger charge is 2.24. The highest BCUT2D eigenvalue weighted by molar-refractivity contribution is 9.10. The van der Waals surface area contributed by atoms with Crippen LogP contribution in [0.2, 0.25) is 0 Å². The second-order valence-electron chi connectivity index (χ2n) is 4.75. The van der Waals surface area contributed by atoms with Crippen molar-refractivity contribution in [1.29, 1.82) is 0 Å². The number of rotatable bonds is 5. The molecule has 21 heavy (non-hydrogen) atoms. The summed E-state index contributed by atoms with van der Waals surface area (Å²) in [5, 5.41) is 9.61. The standard InChI is InChI=1S/C13H17BrN4O2S/c1-8-4-5-11(14)12(6-8)18-21(19,20)13-10(7-15-3)9(2)16-17-13/h4-6,15,18H,7H2,1-3H3,(H,16,17). The first-order valence-corrected chi connectivity index (χ1v) is 8.60. The van der Waals surface area contributed by atoms with Gasteiger partial charge in [-0.15, -0.1) is 0 Å². The van der Waals surface area contributed by atoms with Gasteiger partial charge in [0, 0.05) is 22.3 Å². The van der Waals surface area contributed by atoms with Crippen LogP contribution in [0.15, 0.2) is 27.7 Å². The van der Waals surface area contributed by atoms with Gasteiger partial charge < -0.3 is 5.32 Å². The van der Waals surface area contributed by atoms with Crippen LogP contribution in [0.5, 0.6) is 0 Å². The first kappa shape index (κ1) is 16.0. The number of H-pyrrole nitrogens is 1. The summed E-state index contributed by atoms with van der Waals surface area (Å²) >= 11 is 3.34. The second-order valence-corrected chi connectivity index (χ2v) is 7.20. The number of aryl methyl sites for hydroxylation is 2. The number of sulfonamides is 1. The van der Waals surface area contributed by atoms with Crippen LogP contribution in [0.4, 0.5) is 5.69 Å². The van der Waals surface area contributed by atoms with Crippen molar-refractivity contribution in [3.63, 3.8) is 0 Å². The number of benzene rings is 1. The number of aromatic amines is 1. The Morgan fingerprint density at radius 1 is 1.33 bits per heavy atom. The maximum Gasteiger partial charge on any atom is 0.281 e. The number of nitrogens with zero attached hydrogens (tertiary/aromatic N) is 1. The smallest absolute Gasteiger partial charge is 0.281 e. The molecule has 3 N–H and O–H groups in total. The van der Waals surface area contributed by atoms with E-state index in [4.69, 9.17) is 0 Å². The molecule has 0 spiro atoms. The Balaban J connectivity index is 2.41. The van der Waals surface area contributed by atoms with E-state index >= 15 is 0 Å². The minimum Gasteiger partial charge on any atom is -0.316 e. The Morgan fingerprint density at radius 2 is 2.05 bits per heavy atom. The summed E-state index contributed by atoms with van der Waals surface area (Å²) < 4.78 is 28.3. The van der Waals surface area contributed by atoms with Crippen LogP contribution in [-0.2, 0) is 16.6 Å². The Hall–Kier alpha value is -1.38. The third kappa shape index (κ3) is 3.45. The summed E-state index contributed by atoms with van der Waals surface area (Å²) in [7, 11) is -1.99. The van der Waals surface area contributed by atoms with Crippen LogP contribution in [-0.4, -0.2) is 25.7 Å². The molecule has 0 fully saturated rings. The highest BCUT2D eigenvalue weighted by Crippen LogP contribution is 2.27. The topological polar surface area (TPSA) is 86.9 Å². The molecule has 0 aliphatic rings. The summed E-state index contributed by atoms with van der Waals surface area (Å²) in [4.78, 5) is 0. The lowest BCUT2D eigenvalue weighted by Crippen LogP contribution is -2.17. The van der Waals surface area contributed by atoms with E-state index in [1.807, 2.05) is 13.0 Å². The molecule has 0 saturated heterocycles. The maximum atomic E-state index is 12.5. The van der Waals surface area contributed by atoms with Gasteiger partial charge in [-0.25, -0.2) is 0 Å². The SMILES string of the molecule is CNCc1c(S(=O)(=O)Nc2cc(C)ccc2Br)n[nH]c1C. The largest absolute Gasteiger partial charge is 0.316 e. The molecule has 0 aliphatic heterocycles. The molecular weight excluding hydrogens is 356 g/mol. The average Bonchev–Trinajstić information content (AvgIpc) is 2.77. The quantitative estimate of drug-likeness (QED) is 0.751. The molecule has 1 heterocycles. The van der Waals surface area contributed by atoms with Gasteiger partial charge in [-0.2, -0.15) is 13.5 Å². The van der Waals surface area contributed by atoms with Crippen molar-refractivity contribution < 1.29 is 8.42 Å². The third-order valence-corrected chi connectivity index (χ3v) is 5.04. The first-order valence-electron chi connectivity index (χ1n) is 6.32. The van der Waals surface area contributed by atoms with Gasteiger partial charge >= 0.3 is 0 Å². The van der Waals surface area contributed by atoms with Gasteiger partial charge in [-0.3, -0.25) is 9.82 Å². The maximum absolute atomic E-state index is 12.5. The van der Waals surface area contributed by atoms with E-state index in [1.165, 1.54) is 0 Å². The summed E-state index contributed by atoms with van der Waals surface area (Å²) in [5.41, 5.74) is 2.82. The Labute approximate surface area is 132 Å². The lowest BCUT2D eigenvalue weighted by Gasteiger charge is -2.10. The second kappa shape index (κ2) is 6.17. The summed E-state index contributed by atoms with van der Waals surface area (Å²) in [6.07, 6.45) is 0. The fourth-order valence-corrected chi connectivity index (χ4v) is 3.70. The van der Waals surface area contributed by atoms with Crippen LogP contribution >= 0.6 is 15.9 Å². The normalized spacial score (nSPS) is 11.6. The molecule has 0 saturated carbocycles. The predicted octanol–water partition coefficient (Wildman–Crippen LogP) is 2.31. The van der Waals surface area contributed by atoms with Gasteiger partial charge in [0.1, 0.15) is 0 Å². The zero-order valence-electron chi connectivity index (χ0n) is 12.0. The third-order valence-electron chi connectivity index (χ3n) is 3.01. The number of halogens is 1. The molecule has 0 aliphatic carbocycles. The Bertz CT molecular complexity index is 756. The molecule has 6 nitrogen and oxygen atoms in total. The zero-order valence-corrected chi connectivity index (χ0v) is 14.4. The van der Waals surface area contributed by atoms with E-state index in [0.29, 0.717) is 22.3 Å². The Kier molecular flexibility index (Phi) is 4.70. The van der Waals surface area contributed by atoms with E-state index < -0.39 is 10.0 Å². The molecule has 0 bridgehead atoms. The van der Waals surface area contributed by atoms with Crippen molar-refractivity contribution in [1.82, 2.24) is 15.5 Å². The van der Waals surface area contributed by atoms with Gasteiger partial charge in [0.15, 0.2) is 0 Å². The lowest BCUT2D eigenvalue weighted by atomic mass is 10.2. The van der Waals surface area contributed by atoms with Crippen LogP contribution in [0, 0.1) is 13.8 Å². The number of nitrogens with one attached hydrogen (secondary N) is 3. The lowest BCUT2D eigenvalue weighted by molar-refractivity contribution is 0.595. The minimum absolute atomic E-state index is 0.0164. The molecule has 2 aromatic rings. The molecule has 2 rings (SSSR count). The van der Waals surface area contributed by atoms with Crippen molar-refractivity contribution in [2.75, 3.05) is 11.8 Å². The first-order chi connectivity index (χ1) is 9.85. The van der Waals surface area contributed by atoms with E-state index in [2.05, 4.69) is 36.2 Å². The van der Waals surface area contributed by atoms with Crippen molar-refractivity contribution in [2.24, 2.45) is 0 Å². The molecule has 0 unspecified atom stereocenters. The van der Waals surface area contributed by atoms with Crippen molar-refractivity contribution in [3.05, 3.63) is 39.5 Å². The van der Waals surface area contributed by atoms with Gasteiger partial charge in [-0.1, -0.05) is 6.07 Å². The zero-order chi connectivity index (χ0) is 15.6. The predicted molar refractivity (Wildman–Crippen MR) is 85.8 cm³/mol. The van der Waals surface area contributed by atoms with Crippen molar-refractivity contribution in [2.45, 2.75) is 25.4 Å². The summed E-state index contributed by atoms with van der Waals surface area (Å²) in [6.45, 7) is 4.12.